The first-order valence-electron chi connectivity index (χ1n) is 6.84. The van der Waals surface area contributed by atoms with Gasteiger partial charge in [0, 0.05) is 18.8 Å². The Balaban J connectivity index is 2.56. The maximum Gasteiger partial charge on any atom is 0.304 e. The minimum absolute atomic E-state index is 0.0563. The van der Waals surface area contributed by atoms with Crippen LogP contribution in [0.4, 0.5) is 5.69 Å². The number of nitrogens with one attached hydrogen (secondary N) is 1. The molecule has 0 heterocycles. The summed E-state index contributed by atoms with van der Waals surface area (Å²) in [6.45, 7) is 4.41. The minimum atomic E-state index is -0.924. The lowest BCUT2D eigenvalue weighted by Gasteiger charge is -2.19. The molecule has 116 valence electrons. The second-order valence-electron chi connectivity index (χ2n) is 4.99. The molecule has 0 bridgehead atoms. The van der Waals surface area contributed by atoms with Gasteiger partial charge in [-0.15, -0.1) is 0 Å². The van der Waals surface area contributed by atoms with E-state index < -0.39 is 5.97 Å². The third kappa shape index (κ3) is 6.37. The predicted molar refractivity (Wildman–Crippen MR) is 80.3 cm³/mol. The highest BCUT2D eigenvalue weighted by Gasteiger charge is 2.12. The number of hydrogen-bond acceptors (Lipinski definition) is 4. The van der Waals surface area contributed by atoms with Gasteiger partial charge in [0.05, 0.1) is 19.6 Å². The summed E-state index contributed by atoms with van der Waals surface area (Å²) in [6, 6.07) is 5.65. The zero-order valence-corrected chi connectivity index (χ0v) is 12.4. The quantitative estimate of drug-likeness (QED) is 0.666. The van der Waals surface area contributed by atoms with E-state index in [0.717, 1.165) is 11.1 Å². The van der Waals surface area contributed by atoms with Crippen molar-refractivity contribution < 1.29 is 19.8 Å². The first-order valence-corrected chi connectivity index (χ1v) is 6.84. The fraction of sp³-hybridized carbons (Fsp3) is 0.467. The van der Waals surface area contributed by atoms with E-state index in [4.69, 9.17) is 10.2 Å². The summed E-state index contributed by atoms with van der Waals surface area (Å²) in [4.78, 5) is 24.1. The number of rotatable bonds is 8. The van der Waals surface area contributed by atoms with Crippen molar-refractivity contribution >= 4 is 17.6 Å². The average Bonchev–Trinajstić information content (AvgIpc) is 2.40. The highest BCUT2D eigenvalue weighted by molar-refractivity contribution is 5.92. The van der Waals surface area contributed by atoms with Gasteiger partial charge in [0.15, 0.2) is 0 Å². The number of aliphatic hydroxyl groups excluding tert-OH is 1. The number of anilines is 1. The fourth-order valence-electron chi connectivity index (χ4n) is 1.89. The molecule has 0 aliphatic rings. The molecule has 0 aliphatic heterocycles. The van der Waals surface area contributed by atoms with Gasteiger partial charge < -0.3 is 15.5 Å². The van der Waals surface area contributed by atoms with E-state index in [0.29, 0.717) is 5.69 Å². The van der Waals surface area contributed by atoms with Gasteiger partial charge in [-0.05, 0) is 37.1 Å². The Morgan fingerprint density at radius 1 is 1.19 bits per heavy atom. The zero-order chi connectivity index (χ0) is 15.8. The number of carbonyl (C=O) groups is 2. The zero-order valence-electron chi connectivity index (χ0n) is 12.4. The monoisotopic (exact) mass is 294 g/mol. The molecule has 1 aromatic carbocycles. The summed E-state index contributed by atoms with van der Waals surface area (Å²) in [5.41, 5.74) is 2.95. The Morgan fingerprint density at radius 3 is 2.48 bits per heavy atom. The van der Waals surface area contributed by atoms with Gasteiger partial charge in [0.1, 0.15) is 0 Å². The molecule has 6 nitrogen and oxygen atoms in total. The second-order valence-corrected chi connectivity index (χ2v) is 4.99. The van der Waals surface area contributed by atoms with Gasteiger partial charge in [-0.2, -0.15) is 0 Å². The number of carbonyl (C=O) groups excluding carboxylic acids is 1. The Morgan fingerprint density at radius 2 is 1.90 bits per heavy atom. The van der Waals surface area contributed by atoms with Crippen LogP contribution in [0, 0.1) is 13.8 Å². The minimum Gasteiger partial charge on any atom is -0.481 e. The lowest BCUT2D eigenvalue weighted by atomic mass is 10.1. The number of aliphatic hydroxyl groups is 1. The number of aliphatic carboxylic acids is 1. The maximum atomic E-state index is 12.0. The van der Waals surface area contributed by atoms with Crippen molar-refractivity contribution in [3.05, 3.63) is 29.3 Å². The van der Waals surface area contributed by atoms with Crippen molar-refractivity contribution in [2.45, 2.75) is 20.3 Å². The molecule has 1 aromatic rings. The van der Waals surface area contributed by atoms with Crippen molar-refractivity contribution in [1.82, 2.24) is 4.90 Å². The largest absolute Gasteiger partial charge is 0.481 e. The molecule has 1 rings (SSSR count). The molecule has 0 fully saturated rings. The highest BCUT2D eigenvalue weighted by Crippen LogP contribution is 2.14. The summed E-state index contributed by atoms with van der Waals surface area (Å²) >= 11 is 0. The molecule has 0 spiro atoms. The van der Waals surface area contributed by atoms with Crippen LogP contribution in [0.3, 0.4) is 0 Å². The predicted octanol–water partition coefficient (Wildman–Crippen LogP) is 1.01. The van der Waals surface area contributed by atoms with Crippen LogP contribution >= 0.6 is 0 Å². The van der Waals surface area contributed by atoms with Crippen molar-refractivity contribution in [1.29, 1.82) is 0 Å². The number of hydrogen-bond donors (Lipinski definition) is 3. The first kappa shape index (κ1) is 17.1. The second kappa shape index (κ2) is 8.39. The first-order chi connectivity index (χ1) is 9.92. The maximum absolute atomic E-state index is 12.0. The summed E-state index contributed by atoms with van der Waals surface area (Å²) in [7, 11) is 0. The lowest BCUT2D eigenvalue weighted by molar-refractivity contribution is -0.137. The molecule has 0 aliphatic carbocycles. The molecule has 21 heavy (non-hydrogen) atoms. The van der Waals surface area contributed by atoms with Crippen LogP contribution in [0.5, 0.6) is 0 Å². The van der Waals surface area contributed by atoms with E-state index in [2.05, 4.69) is 5.32 Å². The Hall–Kier alpha value is -1.92. The van der Waals surface area contributed by atoms with Gasteiger partial charge in [0.25, 0.3) is 0 Å². The molecular weight excluding hydrogens is 272 g/mol. The Kier molecular flexibility index (Phi) is 6.84. The number of aryl methyl sites for hydroxylation is 2. The molecule has 0 radical (unpaired) electrons. The summed E-state index contributed by atoms with van der Waals surface area (Å²) in [6.07, 6.45) is -0.0586. The average molecular weight is 294 g/mol. The number of amides is 1. The van der Waals surface area contributed by atoms with Crippen molar-refractivity contribution in [3.8, 4) is 0 Å². The van der Waals surface area contributed by atoms with Crippen LogP contribution in [0.2, 0.25) is 0 Å². The van der Waals surface area contributed by atoms with Crippen LogP contribution < -0.4 is 5.32 Å². The van der Waals surface area contributed by atoms with E-state index in [-0.39, 0.29) is 38.6 Å². The van der Waals surface area contributed by atoms with Crippen LogP contribution in [0.1, 0.15) is 17.5 Å². The number of carboxylic acids is 1. The van der Waals surface area contributed by atoms with Crippen molar-refractivity contribution in [2.75, 3.05) is 31.6 Å². The third-order valence-electron chi connectivity index (χ3n) is 3.22. The number of carboxylic acid groups (broad SMARTS) is 1. The van der Waals surface area contributed by atoms with E-state index >= 15 is 0 Å². The summed E-state index contributed by atoms with van der Waals surface area (Å²) < 4.78 is 0. The smallest absolute Gasteiger partial charge is 0.304 e. The van der Waals surface area contributed by atoms with Crippen LogP contribution in [-0.2, 0) is 9.59 Å². The van der Waals surface area contributed by atoms with Gasteiger partial charge in [-0.3, -0.25) is 14.5 Å². The standard InChI is InChI=1S/C15H22N2O4/c1-11-3-4-13(9-12(11)2)16-14(19)10-17(7-8-18)6-5-15(20)21/h3-4,9,18H,5-8,10H2,1-2H3,(H,16,19)(H,20,21). The summed E-state index contributed by atoms with van der Waals surface area (Å²) in [5.74, 6) is -1.15. The van der Waals surface area contributed by atoms with Crippen molar-refractivity contribution in [2.24, 2.45) is 0 Å². The fourth-order valence-corrected chi connectivity index (χ4v) is 1.89. The number of benzene rings is 1. The van der Waals surface area contributed by atoms with Crippen LogP contribution in [0.25, 0.3) is 0 Å². The highest BCUT2D eigenvalue weighted by atomic mass is 16.4. The molecule has 0 saturated carbocycles. The molecule has 6 heteroatoms. The molecule has 1 amide bonds. The van der Waals surface area contributed by atoms with Gasteiger partial charge in [-0.1, -0.05) is 6.07 Å². The van der Waals surface area contributed by atoms with E-state index in [1.807, 2.05) is 32.0 Å². The van der Waals surface area contributed by atoms with E-state index in [1.165, 1.54) is 0 Å². The molecular formula is C15H22N2O4. The van der Waals surface area contributed by atoms with E-state index in [1.54, 1.807) is 4.90 Å². The third-order valence-corrected chi connectivity index (χ3v) is 3.22. The molecule has 0 atom stereocenters. The topological polar surface area (TPSA) is 89.9 Å². The SMILES string of the molecule is Cc1ccc(NC(=O)CN(CCO)CCC(=O)O)cc1C. The van der Waals surface area contributed by atoms with Crippen LogP contribution in [-0.4, -0.2) is 53.2 Å². The molecule has 0 unspecified atom stereocenters. The van der Waals surface area contributed by atoms with Crippen molar-refractivity contribution in [3.63, 3.8) is 0 Å². The van der Waals surface area contributed by atoms with Gasteiger partial charge in [0.2, 0.25) is 5.91 Å². The molecule has 0 saturated heterocycles. The Labute approximate surface area is 124 Å². The number of nitrogens with zero attached hydrogens (tertiary/aromatic N) is 1. The Bertz CT molecular complexity index is 502. The van der Waals surface area contributed by atoms with Gasteiger partial charge in [-0.25, -0.2) is 0 Å². The molecule has 3 N–H and O–H groups in total. The van der Waals surface area contributed by atoms with Crippen LogP contribution in [0.15, 0.2) is 18.2 Å². The van der Waals surface area contributed by atoms with Gasteiger partial charge >= 0.3 is 5.97 Å². The lowest BCUT2D eigenvalue weighted by Crippen LogP contribution is -2.36. The molecule has 0 aromatic heterocycles. The summed E-state index contributed by atoms with van der Waals surface area (Å²) in [5, 5.41) is 20.4. The normalized spacial score (nSPS) is 10.7. The van der Waals surface area contributed by atoms with E-state index in [9.17, 15) is 9.59 Å².